The lowest BCUT2D eigenvalue weighted by molar-refractivity contribution is 0.0563. The Morgan fingerprint density at radius 1 is 1.13 bits per heavy atom. The number of furan rings is 1. The number of aromatic nitrogens is 2. The quantitative estimate of drug-likeness (QED) is 0.442. The standard InChI is InChI=1S/C23H22N2O4S/c1-12-6-7-16(10-13(12)2)19-14(3)30-21-20(19)22(26)25(15(4)24-21)11-17-8-9-18(29-17)23(27)28-5/h6-10H,11H2,1-5H3. The van der Waals surface area contributed by atoms with Crippen LogP contribution in [-0.4, -0.2) is 22.6 Å². The van der Waals surface area contributed by atoms with Gasteiger partial charge in [0, 0.05) is 10.4 Å². The molecule has 154 valence electrons. The summed E-state index contributed by atoms with van der Waals surface area (Å²) in [6.45, 7) is 8.15. The van der Waals surface area contributed by atoms with Crippen LogP contribution in [-0.2, 0) is 11.3 Å². The number of esters is 1. The smallest absolute Gasteiger partial charge is 0.373 e. The molecule has 0 atom stereocenters. The van der Waals surface area contributed by atoms with E-state index < -0.39 is 5.97 Å². The fourth-order valence-corrected chi connectivity index (χ4v) is 4.64. The number of rotatable bonds is 4. The molecule has 4 aromatic rings. The molecule has 0 aliphatic carbocycles. The van der Waals surface area contributed by atoms with Crippen LogP contribution in [0.5, 0.6) is 0 Å². The number of aryl methyl sites for hydroxylation is 4. The summed E-state index contributed by atoms with van der Waals surface area (Å²) in [6.07, 6.45) is 0. The van der Waals surface area contributed by atoms with Crippen LogP contribution in [0.25, 0.3) is 21.3 Å². The van der Waals surface area contributed by atoms with Crippen molar-refractivity contribution >= 4 is 27.5 Å². The van der Waals surface area contributed by atoms with Gasteiger partial charge in [-0.3, -0.25) is 9.36 Å². The predicted octanol–water partition coefficient (Wildman–Crippen LogP) is 4.79. The van der Waals surface area contributed by atoms with Crippen LogP contribution in [0.15, 0.2) is 39.5 Å². The summed E-state index contributed by atoms with van der Waals surface area (Å²) in [5, 5.41) is 0.617. The van der Waals surface area contributed by atoms with Gasteiger partial charge in [-0.2, -0.15) is 0 Å². The Hall–Kier alpha value is -3.19. The highest BCUT2D eigenvalue weighted by atomic mass is 32.1. The molecule has 0 amide bonds. The van der Waals surface area contributed by atoms with Gasteiger partial charge in [-0.15, -0.1) is 11.3 Å². The van der Waals surface area contributed by atoms with Crippen LogP contribution >= 0.6 is 11.3 Å². The Labute approximate surface area is 177 Å². The van der Waals surface area contributed by atoms with Gasteiger partial charge in [0.2, 0.25) is 5.76 Å². The Morgan fingerprint density at radius 3 is 2.60 bits per heavy atom. The first-order valence-electron chi connectivity index (χ1n) is 9.55. The maximum atomic E-state index is 13.5. The minimum Gasteiger partial charge on any atom is -0.463 e. The minimum atomic E-state index is -0.551. The van der Waals surface area contributed by atoms with E-state index in [1.807, 2.05) is 6.92 Å². The number of hydrogen-bond donors (Lipinski definition) is 0. The molecule has 3 heterocycles. The van der Waals surface area contributed by atoms with E-state index in [0.29, 0.717) is 17.0 Å². The number of nitrogens with zero attached hydrogens (tertiary/aromatic N) is 2. The van der Waals surface area contributed by atoms with Gasteiger partial charge < -0.3 is 9.15 Å². The summed E-state index contributed by atoms with van der Waals surface area (Å²) < 4.78 is 11.8. The molecule has 30 heavy (non-hydrogen) atoms. The van der Waals surface area contributed by atoms with E-state index in [9.17, 15) is 9.59 Å². The number of carbonyl (C=O) groups excluding carboxylic acids is 1. The maximum Gasteiger partial charge on any atom is 0.373 e. The third-order valence-electron chi connectivity index (χ3n) is 5.34. The third kappa shape index (κ3) is 3.35. The highest BCUT2D eigenvalue weighted by molar-refractivity contribution is 7.19. The summed E-state index contributed by atoms with van der Waals surface area (Å²) in [7, 11) is 1.30. The molecule has 0 bridgehead atoms. The maximum absolute atomic E-state index is 13.5. The number of benzene rings is 1. The molecule has 0 saturated heterocycles. The largest absolute Gasteiger partial charge is 0.463 e. The van der Waals surface area contributed by atoms with Crippen molar-refractivity contribution < 1.29 is 13.9 Å². The first-order valence-corrected chi connectivity index (χ1v) is 10.4. The van der Waals surface area contributed by atoms with Gasteiger partial charge in [0.15, 0.2) is 0 Å². The molecular weight excluding hydrogens is 400 g/mol. The van der Waals surface area contributed by atoms with E-state index in [2.05, 4.69) is 41.8 Å². The predicted molar refractivity (Wildman–Crippen MR) is 117 cm³/mol. The van der Waals surface area contributed by atoms with E-state index in [0.717, 1.165) is 20.8 Å². The summed E-state index contributed by atoms with van der Waals surface area (Å²) in [4.78, 5) is 31.6. The van der Waals surface area contributed by atoms with Crippen LogP contribution in [0.4, 0.5) is 0 Å². The van der Waals surface area contributed by atoms with Crippen LogP contribution in [0.3, 0.4) is 0 Å². The van der Waals surface area contributed by atoms with Gasteiger partial charge in [-0.1, -0.05) is 18.2 Å². The Morgan fingerprint density at radius 2 is 1.90 bits per heavy atom. The first kappa shape index (κ1) is 20.1. The molecule has 0 spiro atoms. The summed E-state index contributed by atoms with van der Waals surface area (Å²) >= 11 is 1.53. The van der Waals surface area contributed by atoms with Crippen molar-refractivity contribution in [3.8, 4) is 11.1 Å². The lowest BCUT2D eigenvalue weighted by Gasteiger charge is -2.10. The third-order valence-corrected chi connectivity index (χ3v) is 6.34. The zero-order chi connectivity index (χ0) is 21.6. The van der Waals surface area contributed by atoms with Gasteiger partial charge in [0.1, 0.15) is 16.4 Å². The highest BCUT2D eigenvalue weighted by Crippen LogP contribution is 2.36. The van der Waals surface area contributed by atoms with Crippen LogP contribution < -0.4 is 5.56 Å². The van der Waals surface area contributed by atoms with Crippen LogP contribution in [0, 0.1) is 27.7 Å². The van der Waals surface area contributed by atoms with E-state index in [1.165, 1.54) is 29.6 Å². The number of fused-ring (bicyclic) bond motifs is 1. The normalized spacial score (nSPS) is 11.2. The number of methoxy groups -OCH3 is 1. The highest BCUT2D eigenvalue weighted by Gasteiger charge is 2.20. The minimum absolute atomic E-state index is 0.106. The molecule has 6 nitrogen and oxygen atoms in total. The van der Waals surface area contributed by atoms with Crippen molar-refractivity contribution in [1.29, 1.82) is 0 Å². The lowest BCUT2D eigenvalue weighted by Crippen LogP contribution is -2.24. The van der Waals surface area contributed by atoms with Crippen molar-refractivity contribution in [2.24, 2.45) is 0 Å². The van der Waals surface area contributed by atoms with Crippen molar-refractivity contribution in [2.75, 3.05) is 7.11 Å². The van der Waals surface area contributed by atoms with Crippen LogP contribution in [0.2, 0.25) is 0 Å². The summed E-state index contributed by atoms with van der Waals surface area (Å²) in [5.41, 5.74) is 4.21. The number of ether oxygens (including phenoxy) is 1. The fourth-order valence-electron chi connectivity index (χ4n) is 3.56. The van der Waals surface area contributed by atoms with Gasteiger partial charge >= 0.3 is 5.97 Å². The van der Waals surface area contributed by atoms with Crippen LogP contribution in [0.1, 0.15) is 38.1 Å². The molecule has 3 aromatic heterocycles. The van der Waals surface area contributed by atoms with E-state index in [4.69, 9.17) is 4.42 Å². The second-order valence-electron chi connectivity index (χ2n) is 7.32. The Bertz CT molecular complexity index is 1340. The average molecular weight is 423 g/mol. The molecule has 4 rings (SSSR count). The lowest BCUT2D eigenvalue weighted by atomic mass is 9.99. The SMILES string of the molecule is COC(=O)c1ccc(Cn2c(C)nc3sc(C)c(-c4ccc(C)c(C)c4)c3c2=O)o1. The monoisotopic (exact) mass is 422 g/mol. The molecule has 0 fully saturated rings. The zero-order valence-corrected chi connectivity index (χ0v) is 18.3. The summed E-state index contributed by atoms with van der Waals surface area (Å²) in [5.74, 6) is 0.636. The second kappa shape index (κ2) is 7.57. The number of carbonyl (C=O) groups is 1. The van der Waals surface area contributed by atoms with E-state index in [1.54, 1.807) is 23.6 Å². The van der Waals surface area contributed by atoms with Gasteiger partial charge in [0.05, 0.1) is 19.0 Å². The van der Waals surface area contributed by atoms with Gasteiger partial charge in [-0.25, -0.2) is 9.78 Å². The van der Waals surface area contributed by atoms with Crippen molar-refractivity contribution in [2.45, 2.75) is 34.2 Å². The summed E-state index contributed by atoms with van der Waals surface area (Å²) in [6, 6.07) is 9.46. The van der Waals surface area contributed by atoms with Gasteiger partial charge in [-0.05, 0) is 56.5 Å². The number of hydrogen-bond acceptors (Lipinski definition) is 6. The van der Waals surface area contributed by atoms with E-state index in [-0.39, 0.29) is 17.9 Å². The van der Waals surface area contributed by atoms with Crippen molar-refractivity contribution in [3.63, 3.8) is 0 Å². The zero-order valence-electron chi connectivity index (χ0n) is 17.5. The first-order chi connectivity index (χ1) is 14.3. The Kier molecular flexibility index (Phi) is 5.07. The molecule has 0 aliphatic heterocycles. The Balaban J connectivity index is 1.86. The second-order valence-corrected chi connectivity index (χ2v) is 8.52. The van der Waals surface area contributed by atoms with Crippen molar-refractivity contribution in [3.05, 3.63) is 74.0 Å². The van der Waals surface area contributed by atoms with Gasteiger partial charge in [0.25, 0.3) is 5.56 Å². The molecular formula is C23H22N2O4S. The fraction of sp³-hybridized carbons (Fsp3) is 0.261. The molecule has 0 aliphatic rings. The van der Waals surface area contributed by atoms with Crippen molar-refractivity contribution in [1.82, 2.24) is 9.55 Å². The molecule has 0 saturated carbocycles. The number of thiophene rings is 1. The topological polar surface area (TPSA) is 74.3 Å². The molecule has 7 heteroatoms. The molecule has 0 radical (unpaired) electrons. The average Bonchev–Trinajstić information content (AvgIpc) is 3.31. The van der Waals surface area contributed by atoms with E-state index >= 15 is 0 Å². The molecule has 0 N–H and O–H groups in total. The molecule has 0 unspecified atom stereocenters. The molecule has 1 aromatic carbocycles.